The lowest BCUT2D eigenvalue weighted by Crippen LogP contribution is -2.36. The molecule has 0 radical (unpaired) electrons. The molecular formula is C17H25N3O3S. The summed E-state index contributed by atoms with van der Waals surface area (Å²) in [5.41, 5.74) is 1.19. The van der Waals surface area contributed by atoms with E-state index in [4.69, 9.17) is 0 Å². The van der Waals surface area contributed by atoms with E-state index in [9.17, 15) is 13.2 Å². The van der Waals surface area contributed by atoms with Crippen LogP contribution in [0.1, 0.15) is 24.8 Å². The summed E-state index contributed by atoms with van der Waals surface area (Å²) in [6, 6.07) is 4.01. The minimum absolute atomic E-state index is 0.0113. The quantitative estimate of drug-likeness (QED) is 0.807. The molecule has 2 aliphatic heterocycles. The van der Waals surface area contributed by atoms with Crippen LogP contribution in [-0.2, 0) is 21.2 Å². The van der Waals surface area contributed by atoms with Gasteiger partial charge in [-0.3, -0.25) is 14.7 Å². The van der Waals surface area contributed by atoms with Gasteiger partial charge >= 0.3 is 0 Å². The number of pyridine rings is 1. The second-order valence-electron chi connectivity index (χ2n) is 6.84. The molecule has 3 rings (SSSR count). The number of hydrogen-bond donors (Lipinski definition) is 0. The number of aromatic nitrogens is 1. The van der Waals surface area contributed by atoms with Crippen molar-refractivity contribution in [1.82, 2.24) is 14.8 Å². The molecule has 0 aliphatic carbocycles. The van der Waals surface area contributed by atoms with E-state index in [1.54, 1.807) is 6.20 Å². The molecule has 1 aromatic heterocycles. The number of amides is 1. The second kappa shape index (κ2) is 7.61. The van der Waals surface area contributed by atoms with Gasteiger partial charge in [0.15, 0.2) is 9.84 Å². The van der Waals surface area contributed by atoms with Crippen molar-refractivity contribution in [3.05, 3.63) is 30.1 Å². The maximum atomic E-state index is 12.5. The lowest BCUT2D eigenvalue weighted by atomic mass is 10.0. The molecule has 6 nitrogen and oxygen atoms in total. The summed E-state index contributed by atoms with van der Waals surface area (Å²) >= 11 is 0. The summed E-state index contributed by atoms with van der Waals surface area (Å²) in [5.74, 6) is 0.543. The topological polar surface area (TPSA) is 70.6 Å². The highest BCUT2D eigenvalue weighted by molar-refractivity contribution is 7.91. The monoisotopic (exact) mass is 351 g/mol. The third-order valence-electron chi connectivity index (χ3n) is 4.86. The molecule has 3 heterocycles. The van der Waals surface area contributed by atoms with E-state index in [1.807, 2.05) is 17.2 Å². The molecule has 1 atom stereocenters. The predicted molar refractivity (Wildman–Crippen MR) is 92.1 cm³/mol. The Balaban J connectivity index is 1.49. The van der Waals surface area contributed by atoms with Gasteiger partial charge in [-0.05, 0) is 30.4 Å². The summed E-state index contributed by atoms with van der Waals surface area (Å²) in [7, 11) is -2.91. The molecule has 24 heavy (non-hydrogen) atoms. The van der Waals surface area contributed by atoms with Crippen LogP contribution >= 0.6 is 0 Å². The minimum Gasteiger partial charge on any atom is -0.341 e. The first-order chi connectivity index (χ1) is 11.5. The van der Waals surface area contributed by atoms with Crippen LogP contribution in [0.15, 0.2) is 24.5 Å². The molecule has 2 fully saturated rings. The van der Waals surface area contributed by atoms with Gasteiger partial charge in [0.1, 0.15) is 0 Å². The van der Waals surface area contributed by atoms with Crippen molar-refractivity contribution in [2.75, 3.05) is 37.7 Å². The summed E-state index contributed by atoms with van der Waals surface area (Å²) < 4.78 is 23.1. The molecule has 0 aromatic carbocycles. The van der Waals surface area contributed by atoms with Crippen LogP contribution < -0.4 is 0 Å². The summed E-state index contributed by atoms with van der Waals surface area (Å²) in [4.78, 5) is 20.9. The van der Waals surface area contributed by atoms with Crippen molar-refractivity contribution < 1.29 is 13.2 Å². The average molecular weight is 351 g/mol. The van der Waals surface area contributed by atoms with Gasteiger partial charge in [0.25, 0.3) is 0 Å². The molecule has 2 aliphatic rings. The number of sulfone groups is 1. The fourth-order valence-corrected chi connectivity index (χ4v) is 5.40. The maximum absolute atomic E-state index is 12.5. The smallest absolute Gasteiger partial charge is 0.222 e. The third kappa shape index (κ3) is 4.77. The van der Waals surface area contributed by atoms with Crippen molar-refractivity contribution >= 4 is 15.7 Å². The Morgan fingerprint density at radius 2 is 2.12 bits per heavy atom. The molecule has 0 bridgehead atoms. The van der Waals surface area contributed by atoms with Gasteiger partial charge in [0, 0.05) is 51.5 Å². The van der Waals surface area contributed by atoms with E-state index < -0.39 is 9.84 Å². The number of nitrogens with zero attached hydrogens (tertiary/aromatic N) is 3. The lowest BCUT2D eigenvalue weighted by molar-refractivity contribution is -0.131. The Morgan fingerprint density at radius 1 is 1.25 bits per heavy atom. The third-order valence-corrected chi connectivity index (χ3v) is 6.70. The zero-order chi connectivity index (χ0) is 17.0. The Hall–Kier alpha value is -1.47. The van der Waals surface area contributed by atoms with Gasteiger partial charge in [-0.25, -0.2) is 8.42 Å². The summed E-state index contributed by atoms with van der Waals surface area (Å²) in [6.45, 7) is 4.16. The van der Waals surface area contributed by atoms with Crippen molar-refractivity contribution in [1.29, 1.82) is 0 Å². The Kier molecular flexibility index (Phi) is 5.50. The van der Waals surface area contributed by atoms with Crippen LogP contribution in [0.3, 0.4) is 0 Å². The molecule has 2 saturated heterocycles. The Labute approximate surface area is 143 Å². The predicted octanol–water partition coefficient (Wildman–Crippen LogP) is 0.941. The molecule has 0 N–H and O–H groups in total. The first-order valence-corrected chi connectivity index (χ1v) is 10.4. The van der Waals surface area contributed by atoms with Crippen LogP contribution in [0, 0.1) is 5.92 Å². The van der Waals surface area contributed by atoms with E-state index in [0.717, 1.165) is 39.1 Å². The average Bonchev–Trinajstić information content (AvgIpc) is 2.75. The van der Waals surface area contributed by atoms with Crippen molar-refractivity contribution in [3.8, 4) is 0 Å². The zero-order valence-corrected chi connectivity index (χ0v) is 14.7. The first-order valence-electron chi connectivity index (χ1n) is 8.61. The summed E-state index contributed by atoms with van der Waals surface area (Å²) in [5, 5.41) is 0. The maximum Gasteiger partial charge on any atom is 0.222 e. The van der Waals surface area contributed by atoms with Crippen LogP contribution in [0.5, 0.6) is 0 Å². The minimum atomic E-state index is -2.91. The molecule has 7 heteroatoms. The first kappa shape index (κ1) is 17.4. The standard InChI is InChI=1S/C17H25N3O3S/c21-17(11-15-4-10-24(22,23)14-15)20-7-2-6-19(8-9-20)13-16-3-1-5-18-12-16/h1,3,5,12,15H,2,4,6-11,13-14H2/t15-/m0/s1. The lowest BCUT2D eigenvalue weighted by Gasteiger charge is -2.23. The van der Waals surface area contributed by atoms with E-state index in [1.165, 1.54) is 5.56 Å². The normalized spacial score (nSPS) is 24.7. The number of hydrogen-bond acceptors (Lipinski definition) is 5. The van der Waals surface area contributed by atoms with Gasteiger partial charge in [-0.2, -0.15) is 0 Å². The largest absolute Gasteiger partial charge is 0.341 e. The number of carbonyl (C=O) groups excluding carboxylic acids is 1. The van der Waals surface area contributed by atoms with Crippen LogP contribution in [0.4, 0.5) is 0 Å². The molecule has 0 unspecified atom stereocenters. The highest BCUT2D eigenvalue weighted by Gasteiger charge is 2.31. The highest BCUT2D eigenvalue weighted by Crippen LogP contribution is 2.22. The zero-order valence-electron chi connectivity index (χ0n) is 13.9. The molecule has 0 spiro atoms. The Bertz CT molecular complexity index is 663. The molecule has 1 aromatic rings. The SMILES string of the molecule is O=C(C[C@@H]1CCS(=O)(=O)C1)N1CCCN(Cc2cccnc2)CC1. The van der Waals surface area contributed by atoms with Gasteiger partial charge in [-0.15, -0.1) is 0 Å². The molecular weight excluding hydrogens is 326 g/mol. The van der Waals surface area contributed by atoms with Crippen molar-refractivity contribution in [2.45, 2.75) is 25.8 Å². The van der Waals surface area contributed by atoms with Gasteiger partial charge in [0.05, 0.1) is 11.5 Å². The van der Waals surface area contributed by atoms with Crippen LogP contribution in [-0.4, -0.2) is 66.8 Å². The fraction of sp³-hybridized carbons (Fsp3) is 0.647. The van der Waals surface area contributed by atoms with E-state index in [0.29, 0.717) is 12.8 Å². The molecule has 0 saturated carbocycles. The molecule has 132 valence electrons. The van der Waals surface area contributed by atoms with Gasteiger partial charge in [-0.1, -0.05) is 6.07 Å². The fourth-order valence-electron chi connectivity index (χ4n) is 3.54. The Morgan fingerprint density at radius 3 is 2.83 bits per heavy atom. The second-order valence-corrected chi connectivity index (χ2v) is 9.07. The van der Waals surface area contributed by atoms with Gasteiger partial charge < -0.3 is 4.90 Å². The van der Waals surface area contributed by atoms with Crippen molar-refractivity contribution in [3.63, 3.8) is 0 Å². The highest BCUT2D eigenvalue weighted by atomic mass is 32.2. The summed E-state index contributed by atoms with van der Waals surface area (Å²) in [6.07, 6.45) is 5.62. The van der Waals surface area contributed by atoms with Crippen LogP contribution in [0.2, 0.25) is 0 Å². The van der Waals surface area contributed by atoms with Crippen LogP contribution in [0.25, 0.3) is 0 Å². The number of rotatable bonds is 4. The molecule has 1 amide bonds. The number of carbonyl (C=O) groups is 1. The van der Waals surface area contributed by atoms with E-state index in [-0.39, 0.29) is 23.3 Å². The van der Waals surface area contributed by atoms with E-state index >= 15 is 0 Å². The van der Waals surface area contributed by atoms with Crippen molar-refractivity contribution in [2.24, 2.45) is 5.92 Å². The van der Waals surface area contributed by atoms with Gasteiger partial charge in [0.2, 0.25) is 5.91 Å². The van der Waals surface area contributed by atoms with E-state index in [2.05, 4.69) is 16.0 Å².